The van der Waals surface area contributed by atoms with Crippen molar-refractivity contribution < 1.29 is 14.3 Å². The molecule has 0 bridgehead atoms. The van der Waals surface area contributed by atoms with Crippen LogP contribution in [-0.4, -0.2) is 37.6 Å². The zero-order valence-corrected chi connectivity index (χ0v) is 16.6. The van der Waals surface area contributed by atoms with Crippen LogP contribution in [0.5, 0.6) is 11.5 Å². The molecule has 2 aromatic carbocycles. The monoisotopic (exact) mass is 418 g/mol. The van der Waals surface area contributed by atoms with Crippen molar-refractivity contribution in [2.24, 2.45) is 0 Å². The highest BCUT2D eigenvalue weighted by atomic mass is 79.9. The molecule has 5 nitrogen and oxygen atoms in total. The lowest BCUT2D eigenvalue weighted by Gasteiger charge is -2.21. The summed E-state index contributed by atoms with van der Waals surface area (Å²) in [5.74, 6) is 1.56. The Kier molecular flexibility index (Phi) is 6.16. The summed E-state index contributed by atoms with van der Waals surface area (Å²) < 4.78 is 12.2. The highest BCUT2D eigenvalue weighted by molar-refractivity contribution is 9.10. The van der Waals surface area contributed by atoms with Gasteiger partial charge in [-0.2, -0.15) is 0 Å². The molecule has 0 aliphatic carbocycles. The van der Waals surface area contributed by atoms with Gasteiger partial charge in [0.2, 0.25) is 5.91 Å². The van der Waals surface area contributed by atoms with Gasteiger partial charge in [0.1, 0.15) is 13.2 Å². The molecule has 1 unspecified atom stereocenters. The summed E-state index contributed by atoms with van der Waals surface area (Å²) in [4.78, 5) is 14.3. The summed E-state index contributed by atoms with van der Waals surface area (Å²) >= 11 is 3.42. The number of carbonyl (C=O) groups is 1. The lowest BCUT2D eigenvalue weighted by atomic mass is 10.1. The molecule has 1 amide bonds. The third kappa shape index (κ3) is 4.99. The Morgan fingerprint density at radius 2 is 1.85 bits per heavy atom. The molecule has 0 fully saturated rings. The summed E-state index contributed by atoms with van der Waals surface area (Å²) in [6.45, 7) is 4.14. The number of hydrogen-bond acceptors (Lipinski definition) is 4. The molecule has 0 radical (unpaired) electrons. The number of benzene rings is 2. The van der Waals surface area contributed by atoms with E-state index in [9.17, 15) is 4.79 Å². The van der Waals surface area contributed by atoms with Gasteiger partial charge >= 0.3 is 0 Å². The maximum Gasteiger partial charge on any atom is 0.234 e. The van der Waals surface area contributed by atoms with Crippen LogP contribution in [0.4, 0.5) is 0 Å². The summed E-state index contributed by atoms with van der Waals surface area (Å²) in [5, 5.41) is 3.04. The van der Waals surface area contributed by atoms with Gasteiger partial charge in [0, 0.05) is 11.0 Å². The third-order valence-electron chi connectivity index (χ3n) is 4.22. The number of rotatable bonds is 6. The van der Waals surface area contributed by atoms with Crippen molar-refractivity contribution in [3.8, 4) is 11.5 Å². The van der Waals surface area contributed by atoms with Gasteiger partial charge in [-0.05, 0) is 49.4 Å². The maximum atomic E-state index is 12.3. The first-order valence-electron chi connectivity index (χ1n) is 8.63. The van der Waals surface area contributed by atoms with Crippen molar-refractivity contribution in [2.45, 2.75) is 19.5 Å². The van der Waals surface area contributed by atoms with Crippen LogP contribution < -0.4 is 14.8 Å². The Balaban J connectivity index is 1.51. The van der Waals surface area contributed by atoms with E-state index in [1.807, 2.05) is 61.3 Å². The van der Waals surface area contributed by atoms with E-state index in [0.29, 0.717) is 26.3 Å². The van der Waals surface area contributed by atoms with Crippen LogP contribution in [0.2, 0.25) is 0 Å². The minimum Gasteiger partial charge on any atom is -0.486 e. The lowest BCUT2D eigenvalue weighted by Crippen LogP contribution is -2.36. The molecule has 3 rings (SSSR count). The van der Waals surface area contributed by atoms with Gasteiger partial charge in [0.15, 0.2) is 11.5 Å². The van der Waals surface area contributed by atoms with E-state index >= 15 is 0 Å². The highest BCUT2D eigenvalue weighted by Crippen LogP contribution is 2.31. The minimum absolute atomic E-state index is 0.000428. The Morgan fingerprint density at radius 3 is 2.58 bits per heavy atom. The van der Waals surface area contributed by atoms with Crippen molar-refractivity contribution in [1.29, 1.82) is 0 Å². The number of amides is 1. The van der Waals surface area contributed by atoms with E-state index in [0.717, 1.165) is 27.1 Å². The summed E-state index contributed by atoms with van der Waals surface area (Å²) in [7, 11) is 1.93. The van der Waals surface area contributed by atoms with E-state index in [4.69, 9.17) is 9.47 Å². The second-order valence-electron chi connectivity index (χ2n) is 6.49. The second-order valence-corrected chi connectivity index (χ2v) is 7.41. The molecule has 6 heteroatoms. The topological polar surface area (TPSA) is 50.8 Å². The zero-order chi connectivity index (χ0) is 18.5. The van der Waals surface area contributed by atoms with E-state index in [2.05, 4.69) is 21.2 Å². The third-order valence-corrected chi connectivity index (χ3v) is 4.75. The summed E-state index contributed by atoms with van der Waals surface area (Å²) in [6, 6.07) is 13.9. The number of ether oxygens (including phenoxy) is 2. The molecule has 0 aromatic heterocycles. The highest BCUT2D eigenvalue weighted by Gasteiger charge is 2.14. The van der Waals surface area contributed by atoms with Crippen LogP contribution >= 0.6 is 15.9 Å². The van der Waals surface area contributed by atoms with Gasteiger partial charge in [-0.3, -0.25) is 9.69 Å². The standard InChI is InChI=1S/C20H23BrN2O3/c1-14(16-4-6-17(21)7-5-16)22-20(24)13-23(2)12-15-3-8-18-19(11-15)26-10-9-25-18/h3-8,11,14H,9-10,12-13H2,1-2H3,(H,22,24). The maximum absolute atomic E-state index is 12.3. The smallest absolute Gasteiger partial charge is 0.234 e. The van der Waals surface area contributed by atoms with Crippen LogP contribution in [0.3, 0.4) is 0 Å². The average Bonchev–Trinajstić information content (AvgIpc) is 2.61. The van der Waals surface area contributed by atoms with Crippen LogP contribution in [0, 0.1) is 0 Å². The molecule has 1 atom stereocenters. The van der Waals surface area contributed by atoms with Gasteiger partial charge in [-0.15, -0.1) is 0 Å². The number of halogens is 1. The van der Waals surface area contributed by atoms with E-state index in [1.165, 1.54) is 0 Å². The fourth-order valence-corrected chi connectivity index (χ4v) is 3.19. The molecule has 0 saturated heterocycles. The first-order chi connectivity index (χ1) is 12.5. The van der Waals surface area contributed by atoms with Crippen molar-refractivity contribution >= 4 is 21.8 Å². The Bertz CT molecular complexity index is 764. The zero-order valence-electron chi connectivity index (χ0n) is 15.0. The largest absolute Gasteiger partial charge is 0.486 e. The number of likely N-dealkylation sites (N-methyl/N-ethyl adjacent to an activating group) is 1. The van der Waals surface area contributed by atoms with Crippen LogP contribution in [-0.2, 0) is 11.3 Å². The first kappa shape index (κ1) is 18.7. The predicted molar refractivity (Wildman–Crippen MR) is 104 cm³/mol. The lowest BCUT2D eigenvalue weighted by molar-refractivity contribution is -0.122. The molecular formula is C20H23BrN2O3. The van der Waals surface area contributed by atoms with Crippen LogP contribution in [0.25, 0.3) is 0 Å². The van der Waals surface area contributed by atoms with Gasteiger partial charge in [0.05, 0.1) is 12.6 Å². The minimum atomic E-state index is -0.0294. The quantitative estimate of drug-likeness (QED) is 0.779. The molecule has 0 saturated carbocycles. The molecule has 1 heterocycles. The van der Waals surface area contributed by atoms with E-state index < -0.39 is 0 Å². The van der Waals surface area contributed by atoms with Gasteiger partial charge in [-0.1, -0.05) is 34.1 Å². The first-order valence-corrected chi connectivity index (χ1v) is 9.42. The molecule has 138 valence electrons. The Hall–Kier alpha value is -2.05. The fourth-order valence-electron chi connectivity index (χ4n) is 2.92. The summed E-state index contributed by atoms with van der Waals surface area (Å²) in [6.07, 6.45) is 0. The normalized spacial score (nSPS) is 14.2. The number of nitrogens with one attached hydrogen (secondary N) is 1. The van der Waals surface area contributed by atoms with Crippen molar-refractivity contribution in [2.75, 3.05) is 26.8 Å². The SMILES string of the molecule is CC(NC(=O)CN(C)Cc1ccc2c(c1)OCCO2)c1ccc(Br)cc1. The fraction of sp³-hybridized carbons (Fsp3) is 0.350. The number of nitrogens with zero attached hydrogens (tertiary/aromatic N) is 1. The summed E-state index contributed by atoms with van der Waals surface area (Å²) in [5.41, 5.74) is 2.17. The van der Waals surface area contributed by atoms with Gasteiger partial charge in [0.25, 0.3) is 0 Å². The van der Waals surface area contributed by atoms with Gasteiger partial charge in [-0.25, -0.2) is 0 Å². The molecule has 1 aliphatic rings. The molecule has 1 N–H and O–H groups in total. The average molecular weight is 419 g/mol. The molecule has 2 aromatic rings. The van der Waals surface area contributed by atoms with Crippen molar-refractivity contribution in [3.05, 3.63) is 58.1 Å². The molecular weight excluding hydrogens is 396 g/mol. The molecule has 0 spiro atoms. The van der Waals surface area contributed by atoms with Crippen LogP contribution in [0.1, 0.15) is 24.1 Å². The van der Waals surface area contributed by atoms with E-state index in [-0.39, 0.29) is 11.9 Å². The molecule has 1 aliphatic heterocycles. The number of hydrogen-bond donors (Lipinski definition) is 1. The molecule has 26 heavy (non-hydrogen) atoms. The predicted octanol–water partition coefficient (Wildman–Crippen LogP) is 3.53. The van der Waals surface area contributed by atoms with Crippen molar-refractivity contribution in [1.82, 2.24) is 10.2 Å². The Morgan fingerprint density at radius 1 is 1.15 bits per heavy atom. The number of carbonyl (C=O) groups excluding carboxylic acids is 1. The second kappa shape index (κ2) is 8.56. The van der Waals surface area contributed by atoms with E-state index in [1.54, 1.807) is 0 Å². The van der Waals surface area contributed by atoms with Gasteiger partial charge < -0.3 is 14.8 Å². The van der Waals surface area contributed by atoms with Crippen molar-refractivity contribution in [3.63, 3.8) is 0 Å². The van der Waals surface area contributed by atoms with Crippen LogP contribution in [0.15, 0.2) is 46.9 Å². The number of fused-ring (bicyclic) bond motifs is 1. The Labute approximate surface area is 162 Å².